The number of benzene rings is 1. The number of methoxy groups -OCH3 is 1. The van der Waals surface area contributed by atoms with Gasteiger partial charge in [-0.2, -0.15) is 0 Å². The maximum absolute atomic E-state index is 6.33. The highest BCUT2D eigenvalue weighted by Gasteiger charge is 2.22. The van der Waals surface area contributed by atoms with E-state index in [1.165, 1.54) is 5.56 Å². The number of anilines is 3. The third-order valence-electron chi connectivity index (χ3n) is 4.96. The minimum absolute atomic E-state index is 0.645. The largest absolute Gasteiger partial charge is 0.393 e. The van der Waals surface area contributed by atoms with Crippen molar-refractivity contribution in [2.45, 2.75) is 25.7 Å². The molecule has 1 fully saturated rings. The number of piperidine rings is 1. The van der Waals surface area contributed by atoms with Gasteiger partial charge in [0.25, 0.3) is 0 Å². The highest BCUT2D eigenvalue weighted by molar-refractivity contribution is 5.74. The van der Waals surface area contributed by atoms with E-state index in [0.29, 0.717) is 5.69 Å². The molecular formula is C20H29N5O. The van der Waals surface area contributed by atoms with Crippen LogP contribution in [0.3, 0.4) is 0 Å². The Morgan fingerprint density at radius 3 is 2.69 bits per heavy atom. The number of rotatable bonds is 8. The molecular weight excluding hydrogens is 326 g/mol. The quantitative estimate of drug-likeness (QED) is 0.709. The Morgan fingerprint density at radius 2 is 1.96 bits per heavy atom. The molecule has 140 valence electrons. The van der Waals surface area contributed by atoms with Crippen LogP contribution in [0.1, 0.15) is 24.8 Å². The fourth-order valence-corrected chi connectivity index (χ4v) is 3.50. The summed E-state index contributed by atoms with van der Waals surface area (Å²) in [6, 6.07) is 10.7. The first-order valence-corrected chi connectivity index (χ1v) is 9.40. The topological polar surface area (TPSA) is 76.3 Å². The van der Waals surface area contributed by atoms with Crippen LogP contribution in [0, 0.1) is 5.92 Å². The van der Waals surface area contributed by atoms with Crippen molar-refractivity contribution in [3.8, 4) is 0 Å². The van der Waals surface area contributed by atoms with Crippen molar-refractivity contribution >= 4 is 17.3 Å². The van der Waals surface area contributed by atoms with Crippen LogP contribution in [0.5, 0.6) is 0 Å². The Kier molecular flexibility index (Phi) is 6.66. The summed E-state index contributed by atoms with van der Waals surface area (Å²) in [6.07, 6.45) is 5.99. The van der Waals surface area contributed by atoms with Gasteiger partial charge < -0.3 is 20.7 Å². The molecule has 1 saturated heterocycles. The molecule has 2 heterocycles. The highest BCUT2D eigenvalue weighted by Crippen LogP contribution is 2.30. The van der Waals surface area contributed by atoms with Gasteiger partial charge in [-0.05, 0) is 37.2 Å². The number of aromatic nitrogens is 2. The highest BCUT2D eigenvalue weighted by atomic mass is 16.5. The number of ether oxygens (including phenoxy) is 1. The van der Waals surface area contributed by atoms with Crippen molar-refractivity contribution in [3.63, 3.8) is 0 Å². The summed E-state index contributed by atoms with van der Waals surface area (Å²) in [5.74, 6) is 2.30. The molecule has 0 aliphatic carbocycles. The molecule has 2 aromatic rings. The van der Waals surface area contributed by atoms with Gasteiger partial charge in [-0.25, -0.2) is 9.97 Å². The van der Waals surface area contributed by atoms with Crippen LogP contribution in [-0.2, 0) is 11.2 Å². The van der Waals surface area contributed by atoms with Crippen LogP contribution in [-0.4, -0.2) is 43.3 Å². The van der Waals surface area contributed by atoms with Gasteiger partial charge >= 0.3 is 0 Å². The molecule has 6 nitrogen and oxygen atoms in total. The van der Waals surface area contributed by atoms with Crippen LogP contribution >= 0.6 is 0 Å². The van der Waals surface area contributed by atoms with Gasteiger partial charge in [0.15, 0.2) is 11.6 Å². The van der Waals surface area contributed by atoms with E-state index in [1.807, 2.05) is 0 Å². The smallest absolute Gasteiger partial charge is 0.157 e. The number of nitrogens with two attached hydrogens (primary N) is 1. The van der Waals surface area contributed by atoms with Gasteiger partial charge in [0.2, 0.25) is 0 Å². The average molecular weight is 355 g/mol. The number of hydrogen-bond acceptors (Lipinski definition) is 6. The predicted molar refractivity (Wildman–Crippen MR) is 107 cm³/mol. The summed E-state index contributed by atoms with van der Waals surface area (Å²) in [6.45, 7) is 3.48. The van der Waals surface area contributed by atoms with Gasteiger partial charge in [-0.1, -0.05) is 30.3 Å². The number of hydrogen-bond donors (Lipinski definition) is 2. The summed E-state index contributed by atoms with van der Waals surface area (Å²) in [5.41, 5.74) is 8.40. The van der Waals surface area contributed by atoms with E-state index in [0.717, 1.165) is 69.5 Å². The Hall–Kier alpha value is -2.34. The second-order valence-electron chi connectivity index (χ2n) is 6.85. The Balaban J connectivity index is 1.55. The maximum Gasteiger partial charge on any atom is 0.157 e. The lowest BCUT2D eigenvalue weighted by Gasteiger charge is -2.33. The molecule has 3 N–H and O–H groups in total. The predicted octanol–water partition coefficient (Wildman–Crippen LogP) is 2.97. The van der Waals surface area contributed by atoms with E-state index >= 15 is 0 Å². The SMILES string of the molecule is COCCCNc1ncnc(N2CCC(Cc3ccccc3)CC2)c1N. The molecule has 3 rings (SSSR count). The van der Waals surface area contributed by atoms with Gasteiger partial charge in [0.05, 0.1) is 0 Å². The molecule has 0 atom stereocenters. The van der Waals surface area contributed by atoms with E-state index in [2.05, 4.69) is 50.5 Å². The van der Waals surface area contributed by atoms with Crippen LogP contribution in [0.2, 0.25) is 0 Å². The Morgan fingerprint density at radius 1 is 1.19 bits per heavy atom. The van der Waals surface area contributed by atoms with Crippen molar-refractivity contribution in [3.05, 3.63) is 42.2 Å². The standard InChI is InChI=1S/C20H29N5O/c1-26-13-5-10-22-19-18(21)20(24-15-23-19)25-11-8-17(9-12-25)14-16-6-3-2-4-7-16/h2-4,6-7,15,17H,5,8-14,21H2,1H3,(H,22,23,24). The summed E-state index contributed by atoms with van der Waals surface area (Å²) in [7, 11) is 1.71. The third-order valence-corrected chi connectivity index (χ3v) is 4.96. The summed E-state index contributed by atoms with van der Waals surface area (Å²) in [4.78, 5) is 11.0. The van der Waals surface area contributed by atoms with Crippen molar-refractivity contribution < 1.29 is 4.74 Å². The van der Waals surface area contributed by atoms with Gasteiger partial charge in [0, 0.05) is 33.4 Å². The molecule has 6 heteroatoms. The molecule has 0 saturated carbocycles. The van der Waals surface area contributed by atoms with Crippen molar-refractivity contribution in [2.75, 3.05) is 49.3 Å². The summed E-state index contributed by atoms with van der Waals surface area (Å²) >= 11 is 0. The first-order valence-electron chi connectivity index (χ1n) is 9.40. The molecule has 0 spiro atoms. The first kappa shape index (κ1) is 18.5. The van der Waals surface area contributed by atoms with Crippen LogP contribution < -0.4 is 16.0 Å². The Bertz CT molecular complexity index is 671. The van der Waals surface area contributed by atoms with E-state index in [4.69, 9.17) is 10.5 Å². The lowest BCUT2D eigenvalue weighted by Crippen LogP contribution is -2.35. The first-order chi connectivity index (χ1) is 12.8. The number of nitrogens with zero attached hydrogens (tertiary/aromatic N) is 3. The summed E-state index contributed by atoms with van der Waals surface area (Å²) in [5, 5.41) is 3.29. The fourth-order valence-electron chi connectivity index (χ4n) is 3.50. The normalized spacial score (nSPS) is 15.2. The van der Waals surface area contributed by atoms with Crippen molar-refractivity contribution in [2.24, 2.45) is 5.92 Å². The number of nitrogens with one attached hydrogen (secondary N) is 1. The second-order valence-corrected chi connectivity index (χ2v) is 6.85. The van der Waals surface area contributed by atoms with Crippen LogP contribution in [0.15, 0.2) is 36.7 Å². The second kappa shape index (κ2) is 9.38. The molecule has 0 unspecified atom stereocenters. The number of nitrogen functional groups attached to an aromatic ring is 1. The molecule has 1 aliphatic heterocycles. The van der Waals surface area contributed by atoms with E-state index in [-0.39, 0.29) is 0 Å². The Labute approximate surface area is 155 Å². The van der Waals surface area contributed by atoms with E-state index < -0.39 is 0 Å². The molecule has 1 aromatic carbocycles. The lowest BCUT2D eigenvalue weighted by molar-refractivity contribution is 0.198. The monoisotopic (exact) mass is 355 g/mol. The molecule has 1 aromatic heterocycles. The van der Waals surface area contributed by atoms with Crippen LogP contribution in [0.25, 0.3) is 0 Å². The summed E-state index contributed by atoms with van der Waals surface area (Å²) < 4.78 is 5.07. The zero-order chi connectivity index (χ0) is 18.2. The lowest BCUT2D eigenvalue weighted by atomic mass is 9.90. The van der Waals surface area contributed by atoms with E-state index in [1.54, 1.807) is 13.4 Å². The van der Waals surface area contributed by atoms with Gasteiger partial charge in [-0.15, -0.1) is 0 Å². The zero-order valence-electron chi connectivity index (χ0n) is 15.5. The molecule has 0 radical (unpaired) electrons. The van der Waals surface area contributed by atoms with Crippen molar-refractivity contribution in [1.29, 1.82) is 0 Å². The average Bonchev–Trinajstić information content (AvgIpc) is 2.68. The van der Waals surface area contributed by atoms with Crippen molar-refractivity contribution in [1.82, 2.24) is 9.97 Å². The molecule has 26 heavy (non-hydrogen) atoms. The van der Waals surface area contributed by atoms with Crippen LogP contribution in [0.4, 0.5) is 17.3 Å². The third kappa shape index (κ3) is 4.85. The minimum atomic E-state index is 0.645. The minimum Gasteiger partial charge on any atom is -0.393 e. The molecule has 0 bridgehead atoms. The maximum atomic E-state index is 6.33. The fraction of sp³-hybridized carbons (Fsp3) is 0.500. The zero-order valence-corrected chi connectivity index (χ0v) is 15.5. The molecule has 0 amide bonds. The van der Waals surface area contributed by atoms with Gasteiger partial charge in [0.1, 0.15) is 12.0 Å². The van der Waals surface area contributed by atoms with E-state index in [9.17, 15) is 0 Å². The molecule has 1 aliphatic rings. The van der Waals surface area contributed by atoms with Gasteiger partial charge in [-0.3, -0.25) is 0 Å².